The molecule has 0 radical (unpaired) electrons. The van der Waals surface area contributed by atoms with Gasteiger partial charge in [0.15, 0.2) is 0 Å². The third kappa shape index (κ3) is 3.62. The maximum atomic E-state index is 12.2. The molecule has 1 aliphatic rings. The Morgan fingerprint density at radius 3 is 2.47 bits per heavy atom. The van der Waals surface area contributed by atoms with Crippen LogP contribution in [-0.4, -0.2) is 80.5 Å². The van der Waals surface area contributed by atoms with Crippen LogP contribution < -0.4 is 0 Å². The molecule has 1 heterocycles. The first-order valence-electron chi connectivity index (χ1n) is 5.88. The Balaban J connectivity index is 2.60. The molecule has 1 N–H and O–H groups in total. The van der Waals surface area contributed by atoms with E-state index in [1.165, 1.54) is 8.61 Å². The molecule has 0 aliphatic carbocycles. The van der Waals surface area contributed by atoms with Gasteiger partial charge in [-0.2, -0.15) is 17.0 Å². The van der Waals surface area contributed by atoms with Crippen molar-refractivity contribution in [1.29, 1.82) is 0 Å². The number of likely N-dealkylation sites (N-methyl/N-ethyl adjacent to an activating group) is 1. The fourth-order valence-electron chi connectivity index (χ4n) is 1.95. The number of rotatable bonds is 6. The number of aliphatic hydroxyl groups is 1. The molecule has 1 atom stereocenters. The molecule has 0 aromatic rings. The van der Waals surface area contributed by atoms with Gasteiger partial charge < -0.3 is 10.0 Å². The van der Waals surface area contributed by atoms with E-state index in [0.29, 0.717) is 32.1 Å². The van der Waals surface area contributed by atoms with Crippen molar-refractivity contribution in [2.45, 2.75) is 18.9 Å². The molecule has 1 aliphatic heterocycles. The van der Waals surface area contributed by atoms with E-state index in [9.17, 15) is 8.42 Å². The Labute approximate surface area is 104 Å². The molecule has 17 heavy (non-hydrogen) atoms. The summed E-state index contributed by atoms with van der Waals surface area (Å²) in [5.74, 6) is 0. The molecule has 0 spiro atoms. The van der Waals surface area contributed by atoms with Gasteiger partial charge in [0, 0.05) is 39.3 Å². The zero-order valence-electron chi connectivity index (χ0n) is 10.8. The van der Waals surface area contributed by atoms with Gasteiger partial charge in [-0.15, -0.1) is 0 Å². The van der Waals surface area contributed by atoms with Crippen molar-refractivity contribution in [3.63, 3.8) is 0 Å². The van der Waals surface area contributed by atoms with Gasteiger partial charge in [-0.25, -0.2) is 0 Å². The summed E-state index contributed by atoms with van der Waals surface area (Å²) in [5.41, 5.74) is 0. The average molecular weight is 265 g/mol. The van der Waals surface area contributed by atoms with E-state index < -0.39 is 10.2 Å². The van der Waals surface area contributed by atoms with E-state index in [2.05, 4.69) is 4.90 Å². The summed E-state index contributed by atoms with van der Waals surface area (Å²) in [7, 11) is 2.15. The highest BCUT2D eigenvalue weighted by Crippen LogP contribution is 2.18. The van der Waals surface area contributed by atoms with Crippen molar-refractivity contribution >= 4 is 10.2 Å². The average Bonchev–Trinajstić information content (AvgIpc) is 2.75. The lowest BCUT2D eigenvalue weighted by Crippen LogP contribution is -2.42. The lowest BCUT2D eigenvalue weighted by atomic mass is 10.2. The molecule has 0 aromatic heterocycles. The Morgan fingerprint density at radius 1 is 1.35 bits per heavy atom. The Kier molecular flexibility index (Phi) is 5.33. The van der Waals surface area contributed by atoms with Crippen LogP contribution >= 0.6 is 0 Å². The fraction of sp³-hybridized carbons (Fsp3) is 1.00. The van der Waals surface area contributed by atoms with Crippen LogP contribution in [0.5, 0.6) is 0 Å². The zero-order chi connectivity index (χ0) is 13.1. The molecule has 1 fully saturated rings. The lowest BCUT2D eigenvalue weighted by molar-refractivity contribution is 0.270. The highest BCUT2D eigenvalue weighted by atomic mass is 32.2. The van der Waals surface area contributed by atoms with Gasteiger partial charge in [-0.3, -0.25) is 0 Å². The fourth-order valence-corrected chi connectivity index (χ4v) is 3.40. The lowest BCUT2D eigenvalue weighted by Gasteiger charge is -2.25. The smallest absolute Gasteiger partial charge is 0.281 e. The number of hydrogen-bond acceptors (Lipinski definition) is 4. The first-order valence-corrected chi connectivity index (χ1v) is 7.28. The van der Waals surface area contributed by atoms with E-state index in [1.807, 2.05) is 14.1 Å². The summed E-state index contributed by atoms with van der Waals surface area (Å²) in [6.45, 7) is 1.51. The molecule has 6 nitrogen and oxygen atoms in total. The van der Waals surface area contributed by atoms with Gasteiger partial charge in [0.1, 0.15) is 0 Å². The van der Waals surface area contributed by atoms with Crippen LogP contribution in [0.4, 0.5) is 0 Å². The molecule has 1 saturated heterocycles. The number of nitrogens with zero attached hydrogens (tertiary/aromatic N) is 3. The maximum absolute atomic E-state index is 12.2. The summed E-state index contributed by atoms with van der Waals surface area (Å²) in [4.78, 5) is 2.06. The minimum atomic E-state index is -3.35. The molecule has 0 bridgehead atoms. The highest BCUT2D eigenvalue weighted by molar-refractivity contribution is 7.86. The van der Waals surface area contributed by atoms with Gasteiger partial charge in [-0.05, 0) is 26.9 Å². The first kappa shape index (κ1) is 14.8. The summed E-state index contributed by atoms with van der Waals surface area (Å²) >= 11 is 0. The summed E-state index contributed by atoms with van der Waals surface area (Å²) in [6.07, 6.45) is 1.35. The standard InChI is InChI=1S/C10H23N3O3S/c1-11(2)10-5-7-13(9-10)17(15,16)12(3)6-4-8-14/h10,14H,4-9H2,1-3H3. The number of aliphatic hydroxyl groups excluding tert-OH is 1. The minimum absolute atomic E-state index is 0.0141. The van der Waals surface area contributed by atoms with Gasteiger partial charge in [0.2, 0.25) is 0 Å². The normalized spacial score (nSPS) is 22.8. The second-order valence-corrected chi connectivity index (χ2v) is 6.71. The Morgan fingerprint density at radius 2 is 2.00 bits per heavy atom. The monoisotopic (exact) mass is 265 g/mol. The van der Waals surface area contributed by atoms with Crippen LogP contribution in [0.1, 0.15) is 12.8 Å². The van der Waals surface area contributed by atoms with Crippen molar-refractivity contribution in [1.82, 2.24) is 13.5 Å². The van der Waals surface area contributed by atoms with Crippen molar-refractivity contribution < 1.29 is 13.5 Å². The van der Waals surface area contributed by atoms with Crippen LogP contribution in [0.15, 0.2) is 0 Å². The molecule has 7 heteroatoms. The second kappa shape index (κ2) is 6.10. The second-order valence-electron chi connectivity index (χ2n) is 4.67. The molecule has 0 saturated carbocycles. The molecule has 0 aromatic carbocycles. The van der Waals surface area contributed by atoms with Gasteiger partial charge in [0.05, 0.1) is 0 Å². The summed E-state index contributed by atoms with van der Waals surface area (Å²) < 4.78 is 27.2. The van der Waals surface area contributed by atoms with Crippen LogP contribution in [0.2, 0.25) is 0 Å². The van der Waals surface area contributed by atoms with Gasteiger partial charge >= 0.3 is 0 Å². The molecule has 0 amide bonds. The molecule has 1 unspecified atom stereocenters. The van der Waals surface area contributed by atoms with Crippen LogP contribution in [0, 0.1) is 0 Å². The molecular weight excluding hydrogens is 242 g/mol. The van der Waals surface area contributed by atoms with Crippen LogP contribution in [0.3, 0.4) is 0 Å². The topological polar surface area (TPSA) is 64.1 Å². The van der Waals surface area contributed by atoms with E-state index in [-0.39, 0.29) is 6.61 Å². The van der Waals surface area contributed by atoms with E-state index in [1.54, 1.807) is 7.05 Å². The van der Waals surface area contributed by atoms with Crippen molar-refractivity contribution in [3.05, 3.63) is 0 Å². The maximum Gasteiger partial charge on any atom is 0.281 e. The van der Waals surface area contributed by atoms with Crippen molar-refractivity contribution in [3.8, 4) is 0 Å². The van der Waals surface area contributed by atoms with Gasteiger partial charge in [-0.1, -0.05) is 0 Å². The number of hydrogen-bond donors (Lipinski definition) is 1. The van der Waals surface area contributed by atoms with E-state index in [4.69, 9.17) is 5.11 Å². The SMILES string of the molecule is CN(C)C1CCN(S(=O)(=O)N(C)CCCO)C1. The zero-order valence-corrected chi connectivity index (χ0v) is 11.7. The molecule has 1 rings (SSSR count). The van der Waals surface area contributed by atoms with E-state index in [0.717, 1.165) is 6.42 Å². The first-order chi connectivity index (χ1) is 7.89. The summed E-state index contributed by atoms with van der Waals surface area (Å²) in [6, 6.07) is 0.302. The Bertz CT molecular complexity index is 332. The van der Waals surface area contributed by atoms with Crippen molar-refractivity contribution in [2.24, 2.45) is 0 Å². The predicted molar refractivity (Wildman–Crippen MR) is 66.9 cm³/mol. The quantitative estimate of drug-likeness (QED) is 0.682. The summed E-state index contributed by atoms with van der Waals surface area (Å²) in [5, 5.41) is 8.72. The third-order valence-electron chi connectivity index (χ3n) is 3.21. The van der Waals surface area contributed by atoms with E-state index >= 15 is 0 Å². The van der Waals surface area contributed by atoms with Gasteiger partial charge in [0.25, 0.3) is 10.2 Å². The molecular formula is C10H23N3O3S. The largest absolute Gasteiger partial charge is 0.396 e. The van der Waals surface area contributed by atoms with Crippen LogP contribution in [0.25, 0.3) is 0 Å². The predicted octanol–water partition coefficient (Wildman–Crippen LogP) is -0.819. The minimum Gasteiger partial charge on any atom is -0.396 e. The van der Waals surface area contributed by atoms with Crippen LogP contribution in [-0.2, 0) is 10.2 Å². The third-order valence-corrected chi connectivity index (χ3v) is 5.16. The Hall–Kier alpha value is -0.210. The molecule has 102 valence electrons. The highest BCUT2D eigenvalue weighted by Gasteiger charge is 2.34. The van der Waals surface area contributed by atoms with Crippen molar-refractivity contribution in [2.75, 3.05) is 47.4 Å².